The molecule has 0 aliphatic heterocycles. The topological polar surface area (TPSA) is 32.3 Å². The molecule has 0 atom stereocenters. The second kappa shape index (κ2) is 9.81. The Morgan fingerprint density at radius 2 is 1.42 bits per heavy atom. The van der Waals surface area contributed by atoms with Crippen molar-refractivity contribution < 1.29 is 4.79 Å². The molecule has 2 aromatic carbocycles. The first-order valence-electron chi connectivity index (χ1n) is 9.61. The number of nitrogens with one attached hydrogen (secondary N) is 1. The lowest BCUT2D eigenvalue weighted by atomic mass is 9.89. The SMILES string of the molecule is O=C(N/C=C/C1CCCCC1)N(Cc1ccccc1)Cc1ccccc1. The van der Waals surface area contributed by atoms with Crippen LogP contribution in [0.4, 0.5) is 4.79 Å². The van der Waals surface area contributed by atoms with Crippen LogP contribution in [0.5, 0.6) is 0 Å². The fraction of sp³-hybridized carbons (Fsp3) is 0.348. The molecule has 2 aromatic rings. The van der Waals surface area contributed by atoms with Gasteiger partial charge in [0.2, 0.25) is 0 Å². The number of hydrogen-bond acceptors (Lipinski definition) is 1. The highest BCUT2D eigenvalue weighted by atomic mass is 16.2. The Hall–Kier alpha value is -2.55. The Bertz CT molecular complexity index is 649. The molecule has 1 aliphatic rings. The number of amides is 2. The summed E-state index contributed by atoms with van der Waals surface area (Å²) in [6.45, 7) is 1.19. The monoisotopic (exact) mass is 348 g/mol. The van der Waals surface area contributed by atoms with Gasteiger partial charge in [0.15, 0.2) is 0 Å². The molecule has 1 fully saturated rings. The van der Waals surface area contributed by atoms with Crippen molar-refractivity contribution in [2.45, 2.75) is 45.2 Å². The summed E-state index contributed by atoms with van der Waals surface area (Å²) in [5.41, 5.74) is 2.27. The van der Waals surface area contributed by atoms with E-state index in [9.17, 15) is 4.79 Å². The number of rotatable bonds is 6. The van der Waals surface area contributed by atoms with Gasteiger partial charge in [0, 0.05) is 19.3 Å². The summed E-state index contributed by atoms with van der Waals surface area (Å²) in [5, 5.41) is 2.98. The summed E-state index contributed by atoms with van der Waals surface area (Å²) < 4.78 is 0. The van der Waals surface area contributed by atoms with E-state index in [2.05, 4.69) is 35.7 Å². The minimum Gasteiger partial charge on any atom is -0.316 e. The van der Waals surface area contributed by atoms with Gasteiger partial charge >= 0.3 is 6.03 Å². The van der Waals surface area contributed by atoms with Crippen LogP contribution in [0, 0.1) is 5.92 Å². The van der Waals surface area contributed by atoms with Crippen LogP contribution in [0.2, 0.25) is 0 Å². The summed E-state index contributed by atoms with van der Waals surface area (Å²) in [6, 6.07) is 20.2. The van der Waals surface area contributed by atoms with Gasteiger partial charge < -0.3 is 10.2 Å². The fourth-order valence-corrected chi connectivity index (χ4v) is 3.48. The van der Waals surface area contributed by atoms with Crippen molar-refractivity contribution in [1.29, 1.82) is 0 Å². The van der Waals surface area contributed by atoms with Crippen LogP contribution < -0.4 is 5.32 Å². The maximum absolute atomic E-state index is 12.8. The van der Waals surface area contributed by atoms with Gasteiger partial charge in [-0.05, 0) is 29.9 Å². The number of carbonyl (C=O) groups excluding carboxylic acids is 1. The Labute approximate surface area is 156 Å². The molecule has 0 heterocycles. The Kier molecular flexibility index (Phi) is 6.88. The molecule has 0 aromatic heterocycles. The highest BCUT2D eigenvalue weighted by molar-refractivity contribution is 5.75. The molecule has 26 heavy (non-hydrogen) atoms. The van der Waals surface area contributed by atoms with Crippen molar-refractivity contribution in [3.63, 3.8) is 0 Å². The number of benzene rings is 2. The van der Waals surface area contributed by atoms with E-state index < -0.39 is 0 Å². The molecule has 0 spiro atoms. The minimum absolute atomic E-state index is 0.0511. The lowest BCUT2D eigenvalue weighted by molar-refractivity contribution is 0.196. The molecule has 1 N–H and O–H groups in total. The second-order valence-corrected chi connectivity index (χ2v) is 7.03. The number of urea groups is 1. The van der Waals surface area contributed by atoms with Gasteiger partial charge in [-0.1, -0.05) is 86.0 Å². The lowest BCUT2D eigenvalue weighted by Crippen LogP contribution is -2.36. The zero-order chi connectivity index (χ0) is 18.0. The standard InChI is InChI=1S/C23H28N2O/c26-23(24-17-16-20-10-4-1-5-11-20)25(18-21-12-6-2-7-13-21)19-22-14-8-3-9-15-22/h2-3,6-9,12-17,20H,1,4-5,10-11,18-19H2,(H,24,26)/b17-16+. The van der Waals surface area contributed by atoms with Crippen LogP contribution in [-0.2, 0) is 13.1 Å². The van der Waals surface area contributed by atoms with Gasteiger partial charge in [0.25, 0.3) is 0 Å². The van der Waals surface area contributed by atoms with Crippen LogP contribution in [0.1, 0.15) is 43.2 Å². The third-order valence-electron chi connectivity index (χ3n) is 4.94. The van der Waals surface area contributed by atoms with E-state index in [4.69, 9.17) is 0 Å². The van der Waals surface area contributed by atoms with E-state index in [0.717, 1.165) is 11.1 Å². The lowest BCUT2D eigenvalue weighted by Gasteiger charge is -2.23. The van der Waals surface area contributed by atoms with E-state index in [0.29, 0.717) is 19.0 Å². The predicted molar refractivity (Wildman–Crippen MR) is 106 cm³/mol. The van der Waals surface area contributed by atoms with Crippen LogP contribution >= 0.6 is 0 Å². The normalized spacial score (nSPS) is 15.1. The third-order valence-corrected chi connectivity index (χ3v) is 4.94. The molecule has 0 saturated heterocycles. The van der Waals surface area contributed by atoms with Crippen LogP contribution in [0.3, 0.4) is 0 Å². The summed E-state index contributed by atoms with van der Waals surface area (Å²) >= 11 is 0. The van der Waals surface area contributed by atoms with E-state index in [-0.39, 0.29) is 6.03 Å². The summed E-state index contributed by atoms with van der Waals surface area (Å²) in [6.07, 6.45) is 10.4. The highest BCUT2D eigenvalue weighted by Crippen LogP contribution is 2.24. The molecule has 1 saturated carbocycles. The largest absolute Gasteiger partial charge is 0.321 e. The number of nitrogens with zero attached hydrogens (tertiary/aromatic N) is 1. The van der Waals surface area contributed by atoms with Crippen LogP contribution in [0.25, 0.3) is 0 Å². The van der Waals surface area contributed by atoms with E-state index in [1.165, 1.54) is 32.1 Å². The Morgan fingerprint density at radius 3 is 1.96 bits per heavy atom. The first kappa shape index (κ1) is 18.2. The maximum atomic E-state index is 12.8. The first-order valence-corrected chi connectivity index (χ1v) is 9.61. The average molecular weight is 348 g/mol. The summed E-state index contributed by atoms with van der Waals surface area (Å²) in [5.74, 6) is 0.612. The van der Waals surface area contributed by atoms with Crippen LogP contribution in [0.15, 0.2) is 72.9 Å². The van der Waals surface area contributed by atoms with Crippen molar-refractivity contribution in [1.82, 2.24) is 10.2 Å². The smallest absolute Gasteiger partial charge is 0.316 e. The first-order chi connectivity index (χ1) is 12.8. The van der Waals surface area contributed by atoms with Crippen molar-refractivity contribution in [2.75, 3.05) is 0 Å². The van der Waals surface area contributed by atoms with Gasteiger partial charge in [-0.3, -0.25) is 0 Å². The quantitative estimate of drug-likeness (QED) is 0.735. The van der Waals surface area contributed by atoms with Gasteiger partial charge in [-0.25, -0.2) is 4.79 Å². The molecular weight excluding hydrogens is 320 g/mol. The van der Waals surface area contributed by atoms with Gasteiger partial charge in [-0.2, -0.15) is 0 Å². The molecule has 3 rings (SSSR count). The molecule has 0 unspecified atom stereocenters. The summed E-state index contributed by atoms with van der Waals surface area (Å²) in [7, 11) is 0. The molecule has 136 valence electrons. The molecule has 3 heteroatoms. The van der Waals surface area contributed by atoms with Gasteiger partial charge in [0.05, 0.1) is 0 Å². The van der Waals surface area contributed by atoms with Crippen molar-refractivity contribution in [3.8, 4) is 0 Å². The average Bonchev–Trinajstić information content (AvgIpc) is 2.70. The number of hydrogen-bond donors (Lipinski definition) is 1. The van der Waals surface area contributed by atoms with Crippen LogP contribution in [-0.4, -0.2) is 10.9 Å². The Morgan fingerprint density at radius 1 is 0.885 bits per heavy atom. The molecule has 3 nitrogen and oxygen atoms in total. The second-order valence-electron chi connectivity index (χ2n) is 7.03. The minimum atomic E-state index is -0.0511. The zero-order valence-corrected chi connectivity index (χ0v) is 15.3. The van der Waals surface area contributed by atoms with E-state index >= 15 is 0 Å². The predicted octanol–water partition coefficient (Wildman–Crippen LogP) is 5.49. The van der Waals surface area contributed by atoms with Gasteiger partial charge in [0.1, 0.15) is 0 Å². The summed E-state index contributed by atoms with van der Waals surface area (Å²) in [4.78, 5) is 14.6. The zero-order valence-electron chi connectivity index (χ0n) is 15.3. The highest BCUT2D eigenvalue weighted by Gasteiger charge is 2.14. The van der Waals surface area contributed by atoms with E-state index in [1.54, 1.807) is 0 Å². The van der Waals surface area contributed by atoms with Crippen molar-refractivity contribution in [2.24, 2.45) is 5.92 Å². The molecule has 0 bridgehead atoms. The molecule has 1 aliphatic carbocycles. The van der Waals surface area contributed by atoms with E-state index in [1.807, 2.05) is 47.5 Å². The third kappa shape index (κ3) is 5.76. The van der Waals surface area contributed by atoms with Crippen molar-refractivity contribution >= 4 is 6.03 Å². The van der Waals surface area contributed by atoms with Gasteiger partial charge in [-0.15, -0.1) is 0 Å². The molecular formula is C23H28N2O. The fourth-order valence-electron chi connectivity index (χ4n) is 3.48. The Balaban J connectivity index is 1.63. The number of carbonyl (C=O) groups is 1. The van der Waals surface area contributed by atoms with Crippen molar-refractivity contribution in [3.05, 3.63) is 84.1 Å². The maximum Gasteiger partial charge on any atom is 0.321 e. The molecule has 0 radical (unpaired) electrons. The molecule has 2 amide bonds. The number of allylic oxidation sites excluding steroid dienone is 1.